The number of carbonyl (C=O) groups is 1. The molecule has 1 rings (SSSR count). The summed E-state index contributed by atoms with van der Waals surface area (Å²) in [5, 5.41) is 0. The van der Waals surface area contributed by atoms with E-state index in [-0.39, 0.29) is 12.5 Å². The summed E-state index contributed by atoms with van der Waals surface area (Å²) in [6.07, 6.45) is 0. The van der Waals surface area contributed by atoms with E-state index >= 15 is 0 Å². The van der Waals surface area contributed by atoms with E-state index in [4.69, 9.17) is 4.74 Å². The van der Waals surface area contributed by atoms with Crippen LogP contribution < -0.4 is 0 Å². The zero-order chi connectivity index (χ0) is 7.40. The molecule has 10 heavy (non-hydrogen) atoms. The highest BCUT2D eigenvalue weighted by molar-refractivity contribution is 14.1. The van der Waals surface area contributed by atoms with E-state index < -0.39 is 0 Å². The molecule has 0 aromatic rings. The topological polar surface area (TPSA) is 29.5 Å². The van der Waals surface area contributed by atoms with Gasteiger partial charge in [-0.25, -0.2) is 0 Å². The van der Waals surface area contributed by atoms with Gasteiger partial charge in [-0.2, -0.15) is 0 Å². The second kappa shape index (κ2) is 4.12. The Hall–Kier alpha value is 0.160. The van der Waals surface area contributed by atoms with Crippen molar-refractivity contribution in [1.82, 2.24) is 4.90 Å². The van der Waals surface area contributed by atoms with Gasteiger partial charge in [-0.05, 0) is 0 Å². The highest BCUT2D eigenvalue weighted by Crippen LogP contribution is 1.98. The summed E-state index contributed by atoms with van der Waals surface area (Å²) in [4.78, 5) is 12.8. The minimum Gasteiger partial charge on any atom is -0.370 e. The maximum atomic E-state index is 11.0. The van der Waals surface area contributed by atoms with Crippen molar-refractivity contribution >= 4 is 28.5 Å². The predicted molar refractivity (Wildman–Crippen MR) is 46.3 cm³/mol. The van der Waals surface area contributed by atoms with Crippen LogP contribution >= 0.6 is 22.6 Å². The third-order valence-electron chi connectivity index (χ3n) is 1.44. The van der Waals surface area contributed by atoms with Gasteiger partial charge in [0, 0.05) is 17.5 Å². The van der Waals surface area contributed by atoms with Crippen LogP contribution in [-0.2, 0) is 9.53 Å². The predicted octanol–water partition coefficient (Wildman–Crippen LogP) is 0.280. The van der Waals surface area contributed by atoms with E-state index in [0.29, 0.717) is 6.61 Å². The molecule has 1 heterocycles. The first-order valence-electron chi connectivity index (χ1n) is 3.26. The lowest BCUT2D eigenvalue weighted by Crippen LogP contribution is -2.42. The number of nitrogens with zero attached hydrogens (tertiary/aromatic N) is 1. The summed E-state index contributed by atoms with van der Waals surface area (Å²) >= 11 is 2.27. The Labute approximate surface area is 73.9 Å². The molecule has 1 fully saturated rings. The largest absolute Gasteiger partial charge is 0.370 e. The molecule has 0 unspecified atom stereocenters. The third-order valence-corrected chi connectivity index (χ3v) is 1.92. The van der Waals surface area contributed by atoms with Crippen LogP contribution in [0, 0.1) is 0 Å². The van der Waals surface area contributed by atoms with Crippen molar-refractivity contribution in [1.29, 1.82) is 0 Å². The molecule has 0 aliphatic carbocycles. The average molecular weight is 255 g/mol. The first-order valence-corrected chi connectivity index (χ1v) is 4.78. The van der Waals surface area contributed by atoms with Crippen molar-refractivity contribution in [3.63, 3.8) is 0 Å². The number of hydrogen-bond donors (Lipinski definition) is 0. The Morgan fingerprint density at radius 2 is 2.50 bits per heavy atom. The first-order chi connectivity index (χ1) is 4.84. The Bertz CT molecular complexity index is 127. The summed E-state index contributed by atoms with van der Waals surface area (Å²) in [7, 11) is 0. The highest BCUT2D eigenvalue weighted by atomic mass is 127. The highest BCUT2D eigenvalue weighted by Gasteiger charge is 2.16. The normalized spacial score (nSPS) is 19.7. The molecule has 1 aliphatic heterocycles. The zero-order valence-corrected chi connectivity index (χ0v) is 7.83. The SMILES string of the molecule is O=C1COCCN1CCI. The van der Waals surface area contributed by atoms with Crippen LogP contribution in [0.4, 0.5) is 0 Å². The van der Waals surface area contributed by atoms with Crippen LogP contribution in [0.5, 0.6) is 0 Å². The number of amides is 1. The van der Waals surface area contributed by atoms with E-state index in [1.165, 1.54) is 0 Å². The van der Waals surface area contributed by atoms with E-state index in [0.717, 1.165) is 17.5 Å². The van der Waals surface area contributed by atoms with Crippen LogP contribution in [0.15, 0.2) is 0 Å². The van der Waals surface area contributed by atoms with E-state index in [9.17, 15) is 4.79 Å². The molecule has 4 heteroatoms. The molecular weight excluding hydrogens is 245 g/mol. The van der Waals surface area contributed by atoms with Crippen LogP contribution in [0.1, 0.15) is 0 Å². The molecule has 1 amide bonds. The van der Waals surface area contributed by atoms with Crippen molar-refractivity contribution in [3.05, 3.63) is 0 Å². The van der Waals surface area contributed by atoms with Crippen molar-refractivity contribution in [3.8, 4) is 0 Å². The Morgan fingerprint density at radius 3 is 3.10 bits per heavy atom. The molecule has 0 aromatic carbocycles. The number of hydrogen-bond acceptors (Lipinski definition) is 2. The second-order valence-electron chi connectivity index (χ2n) is 2.12. The lowest BCUT2D eigenvalue weighted by atomic mass is 10.4. The fraction of sp³-hybridized carbons (Fsp3) is 0.833. The fourth-order valence-electron chi connectivity index (χ4n) is 0.889. The number of rotatable bonds is 2. The number of ether oxygens (including phenoxy) is 1. The molecule has 1 aliphatic rings. The van der Waals surface area contributed by atoms with Gasteiger partial charge < -0.3 is 9.64 Å². The average Bonchev–Trinajstić information content (AvgIpc) is 1.94. The number of alkyl halides is 1. The molecule has 0 atom stereocenters. The van der Waals surface area contributed by atoms with Gasteiger partial charge in [-0.1, -0.05) is 22.6 Å². The van der Waals surface area contributed by atoms with Crippen molar-refractivity contribution < 1.29 is 9.53 Å². The quantitative estimate of drug-likeness (QED) is 0.524. The summed E-state index contributed by atoms with van der Waals surface area (Å²) in [5.74, 6) is 0.128. The van der Waals surface area contributed by atoms with Gasteiger partial charge in [0.1, 0.15) is 6.61 Å². The molecule has 0 radical (unpaired) electrons. The third kappa shape index (κ3) is 2.09. The Morgan fingerprint density at radius 1 is 1.70 bits per heavy atom. The monoisotopic (exact) mass is 255 g/mol. The maximum absolute atomic E-state index is 11.0. The molecule has 58 valence electrons. The van der Waals surface area contributed by atoms with Gasteiger partial charge in [0.25, 0.3) is 0 Å². The van der Waals surface area contributed by atoms with Gasteiger partial charge in [-0.3, -0.25) is 4.79 Å². The fourth-order valence-corrected chi connectivity index (χ4v) is 1.47. The number of carbonyl (C=O) groups excluding carboxylic acids is 1. The van der Waals surface area contributed by atoms with Crippen molar-refractivity contribution in [2.45, 2.75) is 0 Å². The summed E-state index contributed by atoms with van der Waals surface area (Å²) in [6.45, 7) is 2.60. The van der Waals surface area contributed by atoms with Gasteiger partial charge in [0.15, 0.2) is 0 Å². The molecule has 0 saturated carbocycles. The van der Waals surface area contributed by atoms with Gasteiger partial charge >= 0.3 is 0 Å². The molecular formula is C6H10INO2. The van der Waals surface area contributed by atoms with Gasteiger partial charge in [0.2, 0.25) is 5.91 Å². The smallest absolute Gasteiger partial charge is 0.248 e. The van der Waals surface area contributed by atoms with Crippen LogP contribution in [0.3, 0.4) is 0 Å². The number of halogens is 1. The summed E-state index contributed by atoms with van der Waals surface area (Å²) in [5.41, 5.74) is 0. The number of morpholine rings is 1. The van der Waals surface area contributed by atoms with Crippen molar-refractivity contribution in [2.75, 3.05) is 30.7 Å². The molecule has 0 aromatic heterocycles. The van der Waals surface area contributed by atoms with Gasteiger partial charge in [-0.15, -0.1) is 0 Å². The molecule has 0 N–H and O–H groups in total. The van der Waals surface area contributed by atoms with Gasteiger partial charge in [0.05, 0.1) is 6.61 Å². The summed E-state index contributed by atoms with van der Waals surface area (Å²) < 4.78 is 5.97. The van der Waals surface area contributed by atoms with Crippen LogP contribution in [0.2, 0.25) is 0 Å². The minimum atomic E-state index is 0.128. The van der Waals surface area contributed by atoms with E-state index in [2.05, 4.69) is 22.6 Å². The maximum Gasteiger partial charge on any atom is 0.248 e. The van der Waals surface area contributed by atoms with Crippen LogP contribution in [0.25, 0.3) is 0 Å². The standard InChI is InChI=1S/C6H10INO2/c7-1-2-8-3-4-10-5-6(8)9/h1-5H2. The van der Waals surface area contributed by atoms with E-state index in [1.807, 2.05) is 4.90 Å². The van der Waals surface area contributed by atoms with E-state index in [1.54, 1.807) is 0 Å². The summed E-state index contributed by atoms with van der Waals surface area (Å²) in [6, 6.07) is 0. The lowest BCUT2D eigenvalue weighted by Gasteiger charge is -2.25. The van der Waals surface area contributed by atoms with Crippen LogP contribution in [-0.4, -0.2) is 41.5 Å². The lowest BCUT2D eigenvalue weighted by molar-refractivity contribution is -0.142. The Kier molecular flexibility index (Phi) is 3.41. The molecule has 3 nitrogen and oxygen atoms in total. The minimum absolute atomic E-state index is 0.128. The Balaban J connectivity index is 2.32. The molecule has 0 spiro atoms. The molecule has 0 bridgehead atoms. The van der Waals surface area contributed by atoms with Crippen molar-refractivity contribution in [2.24, 2.45) is 0 Å². The molecule has 1 saturated heterocycles. The second-order valence-corrected chi connectivity index (χ2v) is 3.20. The first kappa shape index (κ1) is 8.26. The zero-order valence-electron chi connectivity index (χ0n) is 5.68.